The van der Waals surface area contributed by atoms with E-state index in [9.17, 15) is 9.50 Å². The fourth-order valence-electron chi connectivity index (χ4n) is 4.98. The topological polar surface area (TPSA) is 92.6 Å². The van der Waals surface area contributed by atoms with E-state index >= 15 is 4.39 Å². The number of aromatic hydroxyl groups is 1. The molecule has 0 radical (unpaired) electrons. The predicted molar refractivity (Wildman–Crippen MR) is 131 cm³/mol. The van der Waals surface area contributed by atoms with E-state index in [-0.39, 0.29) is 45.5 Å². The largest absolute Gasteiger partial charge is 0.508 e. The molecule has 2 aromatic carbocycles. The van der Waals surface area contributed by atoms with Gasteiger partial charge >= 0.3 is 6.01 Å². The van der Waals surface area contributed by atoms with Gasteiger partial charge in [-0.2, -0.15) is 9.97 Å². The molecule has 182 valence electrons. The first-order valence-electron chi connectivity index (χ1n) is 11.5. The molecule has 1 atom stereocenters. The molecule has 6 rings (SSSR count). The molecule has 0 spiro atoms. The van der Waals surface area contributed by atoms with E-state index in [0.29, 0.717) is 48.7 Å². The summed E-state index contributed by atoms with van der Waals surface area (Å²) >= 11 is 0. The van der Waals surface area contributed by atoms with Gasteiger partial charge in [-0.1, -0.05) is 12.0 Å². The highest BCUT2D eigenvalue weighted by Gasteiger charge is 2.32. The summed E-state index contributed by atoms with van der Waals surface area (Å²) in [5, 5.41) is 14.8. The van der Waals surface area contributed by atoms with Crippen molar-refractivity contribution >= 4 is 33.3 Å². The van der Waals surface area contributed by atoms with Gasteiger partial charge in [0.2, 0.25) is 0 Å². The zero-order valence-corrected chi connectivity index (χ0v) is 19.3. The summed E-state index contributed by atoms with van der Waals surface area (Å²) in [6, 6.07) is 5.39. The van der Waals surface area contributed by atoms with Crippen molar-refractivity contribution in [2.24, 2.45) is 0 Å². The Morgan fingerprint density at radius 3 is 2.89 bits per heavy atom. The average Bonchev–Trinajstić information content (AvgIpc) is 3.20. The summed E-state index contributed by atoms with van der Waals surface area (Å²) < 4.78 is 42.0. The molecular weight excluding hydrogens is 468 g/mol. The van der Waals surface area contributed by atoms with Crippen molar-refractivity contribution in [2.75, 3.05) is 43.6 Å². The summed E-state index contributed by atoms with van der Waals surface area (Å²) in [5.74, 6) is 1.68. The minimum atomic E-state index is -0.763. The van der Waals surface area contributed by atoms with Crippen molar-refractivity contribution in [1.29, 1.82) is 0 Å². The van der Waals surface area contributed by atoms with Crippen molar-refractivity contribution < 1.29 is 23.4 Å². The number of phenols is 1. The van der Waals surface area contributed by atoms with Gasteiger partial charge in [0.05, 0.1) is 30.7 Å². The van der Waals surface area contributed by atoms with Crippen LogP contribution in [-0.2, 0) is 4.74 Å². The normalized spacial score (nSPS) is 17.2. The minimum Gasteiger partial charge on any atom is -0.508 e. The summed E-state index contributed by atoms with van der Waals surface area (Å²) in [6.07, 6.45) is 6.40. The fraction of sp³-hybridized carbons (Fsp3) is 0.269. The third kappa shape index (κ3) is 3.35. The first kappa shape index (κ1) is 22.2. The number of nitrogens with one attached hydrogen (secondary N) is 1. The van der Waals surface area contributed by atoms with E-state index in [1.165, 1.54) is 31.4 Å². The fourth-order valence-corrected chi connectivity index (χ4v) is 4.98. The van der Waals surface area contributed by atoms with Crippen molar-refractivity contribution in [1.82, 2.24) is 15.0 Å². The molecule has 4 aromatic rings. The predicted octanol–water partition coefficient (Wildman–Crippen LogP) is 3.84. The molecule has 0 aliphatic carbocycles. The van der Waals surface area contributed by atoms with Crippen LogP contribution in [0.5, 0.6) is 11.8 Å². The van der Waals surface area contributed by atoms with Gasteiger partial charge in [-0.05, 0) is 30.0 Å². The maximum Gasteiger partial charge on any atom is 0.318 e. The quantitative estimate of drug-likeness (QED) is 0.411. The van der Waals surface area contributed by atoms with Crippen LogP contribution in [0.2, 0.25) is 0 Å². The van der Waals surface area contributed by atoms with Crippen LogP contribution < -0.4 is 15.0 Å². The zero-order valence-electron chi connectivity index (χ0n) is 19.3. The first-order chi connectivity index (χ1) is 17.5. The number of pyridine rings is 1. The molecule has 0 bridgehead atoms. The minimum absolute atomic E-state index is 0.00133. The van der Waals surface area contributed by atoms with Crippen LogP contribution in [0.3, 0.4) is 0 Å². The summed E-state index contributed by atoms with van der Waals surface area (Å²) in [7, 11) is 1.41. The lowest BCUT2D eigenvalue weighted by molar-refractivity contribution is 0.136. The number of nitrogens with zero attached hydrogens (tertiary/aromatic N) is 4. The Morgan fingerprint density at radius 1 is 1.22 bits per heavy atom. The van der Waals surface area contributed by atoms with Gasteiger partial charge in [0.25, 0.3) is 0 Å². The number of hydrogen-bond donors (Lipinski definition) is 2. The number of benzene rings is 2. The number of terminal acetylenes is 1. The number of hydrogen-bond acceptors (Lipinski definition) is 8. The van der Waals surface area contributed by atoms with Crippen LogP contribution in [0.4, 0.5) is 20.4 Å². The van der Waals surface area contributed by atoms with E-state index in [0.717, 1.165) is 6.42 Å². The number of fused-ring (bicyclic) bond motifs is 3. The Kier molecular flexibility index (Phi) is 5.23. The lowest BCUT2D eigenvalue weighted by atomic mass is 9.95. The maximum atomic E-state index is 16.3. The van der Waals surface area contributed by atoms with Crippen LogP contribution in [0.1, 0.15) is 12.0 Å². The van der Waals surface area contributed by atoms with Crippen molar-refractivity contribution in [3.05, 3.63) is 41.5 Å². The molecule has 10 heteroatoms. The van der Waals surface area contributed by atoms with E-state index in [1.54, 1.807) is 0 Å². The second-order valence-electron chi connectivity index (χ2n) is 8.70. The SMILES string of the molecule is C#Cc1c(F)ccc2cc(O)cc(-c3nc4c5c(nc(OC)nc5c3F)N3CCCOC[C@@H]3CN4)c12. The second-order valence-corrected chi connectivity index (χ2v) is 8.70. The molecular formula is C26H21F2N5O3. The van der Waals surface area contributed by atoms with E-state index in [1.807, 2.05) is 0 Å². The lowest BCUT2D eigenvalue weighted by Crippen LogP contribution is -2.41. The molecule has 4 heterocycles. The van der Waals surface area contributed by atoms with Crippen LogP contribution in [0.15, 0.2) is 24.3 Å². The molecule has 36 heavy (non-hydrogen) atoms. The van der Waals surface area contributed by atoms with Crippen molar-refractivity contribution in [2.45, 2.75) is 12.5 Å². The van der Waals surface area contributed by atoms with Gasteiger partial charge in [0.1, 0.15) is 34.4 Å². The Morgan fingerprint density at radius 2 is 2.08 bits per heavy atom. The molecule has 8 nitrogen and oxygen atoms in total. The smallest absolute Gasteiger partial charge is 0.318 e. The number of aromatic nitrogens is 3. The zero-order chi connectivity index (χ0) is 25.0. The highest BCUT2D eigenvalue weighted by molar-refractivity contribution is 6.06. The number of rotatable bonds is 2. The summed E-state index contributed by atoms with van der Waals surface area (Å²) in [5.41, 5.74) is -0.0383. The molecule has 0 saturated carbocycles. The Balaban J connectivity index is 1.70. The molecule has 1 saturated heterocycles. The average molecular weight is 489 g/mol. The van der Waals surface area contributed by atoms with Gasteiger partial charge in [-0.3, -0.25) is 0 Å². The molecule has 2 N–H and O–H groups in total. The highest BCUT2D eigenvalue weighted by atomic mass is 19.1. The van der Waals surface area contributed by atoms with E-state index < -0.39 is 11.6 Å². The maximum absolute atomic E-state index is 16.3. The number of methoxy groups -OCH3 is 1. The highest BCUT2D eigenvalue weighted by Crippen LogP contribution is 2.42. The van der Waals surface area contributed by atoms with E-state index in [2.05, 4.69) is 31.1 Å². The number of phenolic OH excluding ortho intramolecular Hbond substituents is 1. The second kappa shape index (κ2) is 8.46. The lowest BCUT2D eigenvalue weighted by Gasteiger charge is -2.28. The molecule has 2 aromatic heterocycles. The van der Waals surface area contributed by atoms with Crippen LogP contribution in [0, 0.1) is 24.0 Å². The van der Waals surface area contributed by atoms with Crippen LogP contribution in [0.25, 0.3) is 32.9 Å². The van der Waals surface area contributed by atoms with Gasteiger partial charge in [0, 0.05) is 30.6 Å². The Labute approximate surface area is 204 Å². The molecule has 0 amide bonds. The molecule has 1 fully saturated rings. The first-order valence-corrected chi connectivity index (χ1v) is 11.5. The third-order valence-electron chi connectivity index (χ3n) is 6.60. The third-order valence-corrected chi connectivity index (χ3v) is 6.60. The van der Waals surface area contributed by atoms with E-state index in [4.69, 9.17) is 15.9 Å². The molecule has 2 aliphatic rings. The van der Waals surface area contributed by atoms with Crippen molar-refractivity contribution in [3.63, 3.8) is 0 Å². The molecule has 2 aliphatic heterocycles. The van der Waals surface area contributed by atoms with Gasteiger partial charge < -0.3 is 24.8 Å². The molecule has 0 unspecified atom stereocenters. The number of ether oxygens (including phenoxy) is 2. The Hall–Kier alpha value is -4.23. The summed E-state index contributed by atoms with van der Waals surface area (Å²) in [4.78, 5) is 15.6. The van der Waals surface area contributed by atoms with Crippen LogP contribution >= 0.6 is 0 Å². The monoisotopic (exact) mass is 489 g/mol. The Bertz CT molecular complexity index is 1590. The van der Waals surface area contributed by atoms with Gasteiger partial charge in [-0.15, -0.1) is 6.42 Å². The van der Waals surface area contributed by atoms with Gasteiger partial charge in [0.15, 0.2) is 5.82 Å². The summed E-state index contributed by atoms with van der Waals surface area (Å²) in [6.45, 7) is 2.21. The van der Waals surface area contributed by atoms with Gasteiger partial charge in [-0.25, -0.2) is 13.8 Å². The number of halogens is 2. The number of anilines is 2. The standard InChI is InChI=1S/C26H21F2N5O3/c1-3-16-18(27)6-5-13-9-15(34)10-17(19(13)16)22-21(28)23-20-24(30-22)29-11-14-12-36-8-4-7-33(14)25(20)32-26(31-23)35-2/h1,5-6,9-10,14,34H,4,7-8,11-12H2,2H3,(H,29,30)/t14-/m0/s1. The van der Waals surface area contributed by atoms with Crippen LogP contribution in [-0.4, -0.2) is 59.5 Å². The van der Waals surface area contributed by atoms with Crippen molar-refractivity contribution in [3.8, 4) is 35.4 Å².